The van der Waals surface area contributed by atoms with Gasteiger partial charge in [0.1, 0.15) is 0 Å². The molecule has 0 amide bonds. The van der Waals surface area contributed by atoms with Gasteiger partial charge in [-0.05, 0) is 36.0 Å². The summed E-state index contributed by atoms with van der Waals surface area (Å²) in [6.07, 6.45) is 1.16. The summed E-state index contributed by atoms with van der Waals surface area (Å²) >= 11 is 0. The number of benzene rings is 2. The monoisotopic (exact) mass is 237 g/mol. The van der Waals surface area contributed by atoms with Gasteiger partial charge in [-0.3, -0.25) is 0 Å². The highest BCUT2D eigenvalue weighted by Gasteiger charge is 2.26. The Morgan fingerprint density at radius 2 is 1.78 bits per heavy atom. The molecule has 0 aromatic heterocycles. The molecule has 1 aliphatic rings. The molecular weight excluding hydrogens is 218 g/mol. The van der Waals surface area contributed by atoms with Crippen molar-refractivity contribution in [2.45, 2.75) is 26.3 Å². The first-order valence-electron chi connectivity index (χ1n) is 6.65. The Balaban J connectivity index is 1.99. The summed E-state index contributed by atoms with van der Waals surface area (Å²) in [6, 6.07) is 17.8. The summed E-state index contributed by atoms with van der Waals surface area (Å²) < 4.78 is 0. The van der Waals surface area contributed by atoms with Crippen LogP contribution >= 0.6 is 0 Å². The minimum atomic E-state index is 0.430. The van der Waals surface area contributed by atoms with Crippen molar-refractivity contribution < 1.29 is 0 Å². The van der Waals surface area contributed by atoms with E-state index < -0.39 is 0 Å². The Morgan fingerprint density at radius 1 is 1.00 bits per heavy atom. The Hall–Kier alpha value is -1.76. The van der Waals surface area contributed by atoms with E-state index in [-0.39, 0.29) is 0 Å². The molecule has 0 spiro atoms. The smallest absolute Gasteiger partial charge is 0.0542 e. The minimum Gasteiger partial charge on any atom is -0.378 e. The van der Waals surface area contributed by atoms with Gasteiger partial charge < -0.3 is 5.32 Å². The van der Waals surface area contributed by atoms with Crippen LogP contribution in [-0.4, -0.2) is 0 Å². The third kappa shape index (κ3) is 1.90. The first-order chi connectivity index (χ1) is 8.75. The fraction of sp³-hybridized carbons (Fsp3) is 0.294. The fourth-order valence-electron chi connectivity index (χ4n) is 2.94. The SMILES string of the molecule is Cc1cccc2c1NC(c1ccccc1)C(C)C2. The van der Waals surface area contributed by atoms with Gasteiger partial charge in [0, 0.05) is 5.69 Å². The highest BCUT2D eigenvalue weighted by Crippen LogP contribution is 2.37. The van der Waals surface area contributed by atoms with Crippen LogP contribution in [0.4, 0.5) is 5.69 Å². The van der Waals surface area contributed by atoms with Crippen molar-refractivity contribution in [2.24, 2.45) is 5.92 Å². The number of hydrogen-bond acceptors (Lipinski definition) is 1. The molecule has 1 aliphatic heterocycles. The van der Waals surface area contributed by atoms with Crippen LogP contribution in [0.1, 0.15) is 29.7 Å². The number of aryl methyl sites for hydroxylation is 1. The molecule has 0 radical (unpaired) electrons. The minimum absolute atomic E-state index is 0.430. The van der Waals surface area contributed by atoms with Crippen LogP contribution in [0.5, 0.6) is 0 Å². The van der Waals surface area contributed by atoms with Crippen molar-refractivity contribution in [1.82, 2.24) is 0 Å². The van der Waals surface area contributed by atoms with Gasteiger partial charge in [-0.25, -0.2) is 0 Å². The summed E-state index contributed by atoms with van der Waals surface area (Å²) in [5.74, 6) is 0.627. The molecule has 0 saturated heterocycles. The van der Waals surface area contributed by atoms with E-state index in [9.17, 15) is 0 Å². The normalized spacial score (nSPS) is 22.1. The highest BCUT2D eigenvalue weighted by atomic mass is 14.9. The molecule has 2 aromatic carbocycles. The zero-order valence-electron chi connectivity index (χ0n) is 11.0. The van der Waals surface area contributed by atoms with Crippen LogP contribution in [0.3, 0.4) is 0 Å². The summed E-state index contributed by atoms with van der Waals surface area (Å²) in [7, 11) is 0. The molecule has 18 heavy (non-hydrogen) atoms. The Bertz CT molecular complexity index is 545. The van der Waals surface area contributed by atoms with Crippen molar-refractivity contribution in [2.75, 3.05) is 5.32 Å². The lowest BCUT2D eigenvalue weighted by atomic mass is 9.84. The van der Waals surface area contributed by atoms with E-state index in [0.29, 0.717) is 12.0 Å². The van der Waals surface area contributed by atoms with E-state index in [1.807, 2.05) is 0 Å². The number of nitrogens with one attached hydrogen (secondary N) is 1. The number of fused-ring (bicyclic) bond motifs is 1. The topological polar surface area (TPSA) is 12.0 Å². The summed E-state index contributed by atoms with van der Waals surface area (Å²) in [5, 5.41) is 3.73. The molecule has 0 fully saturated rings. The molecule has 92 valence electrons. The van der Waals surface area contributed by atoms with E-state index >= 15 is 0 Å². The largest absolute Gasteiger partial charge is 0.378 e. The first-order valence-corrected chi connectivity index (χ1v) is 6.65. The standard InChI is InChI=1S/C17H19N/c1-12-7-6-10-15-11-13(2)17(18-16(12)15)14-8-4-3-5-9-14/h3-10,13,17-18H,11H2,1-2H3. The third-order valence-corrected chi connectivity index (χ3v) is 3.93. The van der Waals surface area contributed by atoms with Gasteiger partial charge in [0.15, 0.2) is 0 Å². The van der Waals surface area contributed by atoms with Crippen LogP contribution in [0.15, 0.2) is 48.5 Å². The van der Waals surface area contributed by atoms with Gasteiger partial charge in [-0.15, -0.1) is 0 Å². The average molecular weight is 237 g/mol. The van der Waals surface area contributed by atoms with Crippen LogP contribution in [0.2, 0.25) is 0 Å². The lowest BCUT2D eigenvalue weighted by molar-refractivity contribution is 0.478. The summed E-state index contributed by atoms with van der Waals surface area (Å²) in [6.45, 7) is 4.51. The predicted molar refractivity (Wildman–Crippen MR) is 76.9 cm³/mol. The number of para-hydroxylation sites is 1. The van der Waals surface area contributed by atoms with Crippen molar-refractivity contribution in [3.05, 3.63) is 65.2 Å². The van der Waals surface area contributed by atoms with Gasteiger partial charge >= 0.3 is 0 Å². The predicted octanol–water partition coefficient (Wildman–Crippen LogP) is 4.34. The van der Waals surface area contributed by atoms with Gasteiger partial charge in [-0.2, -0.15) is 0 Å². The number of hydrogen-bond donors (Lipinski definition) is 1. The molecule has 2 atom stereocenters. The van der Waals surface area contributed by atoms with Crippen molar-refractivity contribution >= 4 is 5.69 Å². The zero-order valence-corrected chi connectivity index (χ0v) is 11.0. The number of rotatable bonds is 1. The van der Waals surface area contributed by atoms with Crippen LogP contribution < -0.4 is 5.32 Å². The molecule has 1 nitrogen and oxygen atoms in total. The molecule has 1 heterocycles. The number of anilines is 1. The molecule has 0 aliphatic carbocycles. The van der Waals surface area contributed by atoms with Crippen molar-refractivity contribution in [3.63, 3.8) is 0 Å². The third-order valence-electron chi connectivity index (χ3n) is 3.93. The van der Waals surface area contributed by atoms with Crippen LogP contribution in [0.25, 0.3) is 0 Å². The summed E-state index contributed by atoms with van der Waals surface area (Å²) in [5.41, 5.74) is 5.53. The van der Waals surface area contributed by atoms with Gasteiger partial charge in [0.25, 0.3) is 0 Å². The molecule has 1 heteroatoms. The lowest BCUT2D eigenvalue weighted by Crippen LogP contribution is -2.26. The molecule has 3 rings (SSSR count). The van der Waals surface area contributed by atoms with Crippen LogP contribution in [-0.2, 0) is 6.42 Å². The maximum absolute atomic E-state index is 3.73. The quantitative estimate of drug-likeness (QED) is 0.778. The lowest BCUT2D eigenvalue weighted by Gasteiger charge is -2.34. The second-order valence-electron chi connectivity index (χ2n) is 5.32. The van der Waals surface area contributed by atoms with Crippen LogP contribution in [0, 0.1) is 12.8 Å². The maximum atomic E-state index is 3.73. The Morgan fingerprint density at radius 3 is 2.56 bits per heavy atom. The van der Waals surface area contributed by atoms with E-state index in [1.165, 1.54) is 22.4 Å². The molecular formula is C17H19N. The van der Waals surface area contributed by atoms with Crippen molar-refractivity contribution in [3.8, 4) is 0 Å². The first kappa shape index (κ1) is 11.3. The van der Waals surface area contributed by atoms with E-state index in [1.54, 1.807) is 0 Å². The summed E-state index contributed by atoms with van der Waals surface area (Å²) in [4.78, 5) is 0. The van der Waals surface area contributed by atoms with E-state index in [4.69, 9.17) is 0 Å². The van der Waals surface area contributed by atoms with Gasteiger partial charge in [0.05, 0.1) is 6.04 Å². The average Bonchev–Trinajstić information content (AvgIpc) is 2.39. The van der Waals surface area contributed by atoms with E-state index in [2.05, 4.69) is 67.7 Å². The molecule has 0 bridgehead atoms. The second kappa shape index (κ2) is 4.49. The molecule has 1 N–H and O–H groups in total. The fourth-order valence-corrected chi connectivity index (χ4v) is 2.94. The Kier molecular flexibility index (Phi) is 2.83. The molecule has 2 unspecified atom stereocenters. The van der Waals surface area contributed by atoms with Crippen molar-refractivity contribution in [1.29, 1.82) is 0 Å². The molecule has 2 aromatic rings. The highest BCUT2D eigenvalue weighted by molar-refractivity contribution is 5.60. The second-order valence-corrected chi connectivity index (χ2v) is 5.32. The van der Waals surface area contributed by atoms with Gasteiger partial charge in [0.2, 0.25) is 0 Å². The maximum Gasteiger partial charge on any atom is 0.0542 e. The van der Waals surface area contributed by atoms with E-state index in [0.717, 1.165) is 6.42 Å². The zero-order chi connectivity index (χ0) is 12.5. The van der Waals surface area contributed by atoms with Gasteiger partial charge in [-0.1, -0.05) is 55.5 Å². The Labute approximate surface area is 109 Å². The molecule has 0 saturated carbocycles.